The monoisotopic (exact) mass is 370 g/mol. The van der Waals surface area contributed by atoms with Gasteiger partial charge >= 0.3 is 0 Å². The third-order valence-corrected chi connectivity index (χ3v) is 7.21. The SMILES string of the molecule is CN(CC(=O)N1CCc2sccc2C1c1cccs1)S(C)(=O)=O. The maximum absolute atomic E-state index is 12.7. The van der Waals surface area contributed by atoms with Crippen molar-refractivity contribution >= 4 is 38.6 Å². The smallest absolute Gasteiger partial charge is 0.238 e. The summed E-state index contributed by atoms with van der Waals surface area (Å²) >= 11 is 3.34. The van der Waals surface area contributed by atoms with Crippen molar-refractivity contribution in [1.29, 1.82) is 0 Å². The molecule has 0 spiro atoms. The van der Waals surface area contributed by atoms with Gasteiger partial charge < -0.3 is 4.90 Å². The van der Waals surface area contributed by atoms with E-state index in [0.29, 0.717) is 6.54 Å². The second kappa shape index (κ2) is 6.35. The average molecular weight is 371 g/mol. The summed E-state index contributed by atoms with van der Waals surface area (Å²) in [5.41, 5.74) is 1.17. The molecule has 8 heteroatoms. The lowest BCUT2D eigenvalue weighted by Gasteiger charge is -2.36. The Labute approximate surface area is 144 Å². The molecule has 1 amide bonds. The molecule has 23 heavy (non-hydrogen) atoms. The lowest BCUT2D eigenvalue weighted by Crippen LogP contribution is -2.45. The average Bonchev–Trinajstić information content (AvgIpc) is 3.16. The van der Waals surface area contributed by atoms with Crippen molar-refractivity contribution in [2.24, 2.45) is 0 Å². The van der Waals surface area contributed by atoms with Crippen LogP contribution in [0.25, 0.3) is 0 Å². The standard InChI is InChI=1S/C15H18N2O3S3/c1-16(23(2,19)20)10-14(18)17-7-5-12-11(6-9-22-12)15(17)13-4-3-8-21-13/h3-4,6,8-9,15H,5,7,10H2,1-2H3. The van der Waals surface area contributed by atoms with E-state index in [9.17, 15) is 13.2 Å². The fraction of sp³-hybridized carbons (Fsp3) is 0.400. The van der Waals surface area contributed by atoms with E-state index in [0.717, 1.165) is 21.9 Å². The molecule has 3 heterocycles. The number of rotatable bonds is 4. The Bertz CT molecular complexity index is 796. The third-order valence-electron chi connectivity index (χ3n) is 4.02. The maximum atomic E-state index is 12.7. The summed E-state index contributed by atoms with van der Waals surface area (Å²) in [6.45, 7) is 0.493. The molecule has 2 aromatic heterocycles. The summed E-state index contributed by atoms with van der Waals surface area (Å²) in [5.74, 6) is -0.159. The fourth-order valence-electron chi connectivity index (χ4n) is 2.74. The Balaban J connectivity index is 1.90. The number of hydrogen-bond donors (Lipinski definition) is 0. The van der Waals surface area contributed by atoms with Gasteiger partial charge in [0.2, 0.25) is 15.9 Å². The van der Waals surface area contributed by atoms with Gasteiger partial charge in [-0.25, -0.2) is 8.42 Å². The molecule has 0 saturated heterocycles. The molecule has 1 aliphatic rings. The molecule has 124 valence electrons. The lowest BCUT2D eigenvalue weighted by molar-refractivity contribution is -0.133. The van der Waals surface area contributed by atoms with Crippen molar-refractivity contribution < 1.29 is 13.2 Å². The Morgan fingerprint density at radius 3 is 2.78 bits per heavy atom. The van der Waals surface area contributed by atoms with Crippen molar-refractivity contribution in [3.63, 3.8) is 0 Å². The summed E-state index contributed by atoms with van der Waals surface area (Å²) in [6.07, 6.45) is 1.94. The fourth-order valence-corrected chi connectivity index (χ4v) is 4.84. The van der Waals surface area contributed by atoms with Gasteiger partial charge in [-0.15, -0.1) is 22.7 Å². The quantitative estimate of drug-likeness (QED) is 0.829. The highest BCUT2D eigenvalue weighted by molar-refractivity contribution is 7.88. The zero-order chi connectivity index (χ0) is 16.6. The second-order valence-corrected chi connectivity index (χ2v) is 9.64. The minimum absolute atomic E-state index is 0.106. The van der Waals surface area contributed by atoms with Gasteiger partial charge in [0.05, 0.1) is 18.8 Å². The van der Waals surface area contributed by atoms with E-state index < -0.39 is 10.0 Å². The molecule has 0 N–H and O–H groups in total. The third kappa shape index (κ3) is 3.35. The molecule has 0 aliphatic carbocycles. The van der Waals surface area contributed by atoms with Crippen LogP contribution in [-0.2, 0) is 21.2 Å². The van der Waals surface area contributed by atoms with Gasteiger partial charge in [-0.05, 0) is 34.9 Å². The van der Waals surface area contributed by atoms with E-state index >= 15 is 0 Å². The molecule has 0 aromatic carbocycles. The molecule has 1 unspecified atom stereocenters. The minimum atomic E-state index is -3.37. The molecule has 0 saturated carbocycles. The highest BCUT2D eigenvalue weighted by Crippen LogP contribution is 2.39. The van der Waals surface area contributed by atoms with Crippen LogP contribution in [-0.4, -0.2) is 49.9 Å². The van der Waals surface area contributed by atoms with Crippen molar-refractivity contribution in [2.45, 2.75) is 12.5 Å². The van der Waals surface area contributed by atoms with Gasteiger partial charge in [-0.3, -0.25) is 4.79 Å². The normalized spacial score (nSPS) is 18.2. The highest BCUT2D eigenvalue weighted by atomic mass is 32.2. The molecule has 2 aromatic rings. The van der Waals surface area contributed by atoms with Crippen LogP contribution in [0.3, 0.4) is 0 Å². The summed E-state index contributed by atoms with van der Waals surface area (Å²) < 4.78 is 24.3. The van der Waals surface area contributed by atoms with Crippen LogP contribution in [0, 0.1) is 0 Å². The van der Waals surface area contributed by atoms with Gasteiger partial charge in [0.25, 0.3) is 0 Å². The van der Waals surface area contributed by atoms with Crippen LogP contribution in [0.5, 0.6) is 0 Å². The predicted octanol–water partition coefficient (Wildman–Crippen LogP) is 2.18. The van der Waals surface area contributed by atoms with Crippen molar-refractivity contribution in [3.05, 3.63) is 44.3 Å². The molecule has 3 rings (SSSR count). The molecule has 1 atom stereocenters. The molecular weight excluding hydrogens is 352 g/mol. The van der Waals surface area contributed by atoms with E-state index in [1.165, 1.54) is 17.5 Å². The van der Waals surface area contributed by atoms with Crippen molar-refractivity contribution in [2.75, 3.05) is 26.4 Å². The number of hydrogen-bond acceptors (Lipinski definition) is 5. The van der Waals surface area contributed by atoms with Crippen molar-refractivity contribution in [1.82, 2.24) is 9.21 Å². The number of carbonyl (C=O) groups is 1. The largest absolute Gasteiger partial charge is 0.329 e. The molecule has 5 nitrogen and oxygen atoms in total. The number of likely N-dealkylation sites (N-methyl/N-ethyl adjacent to an activating group) is 1. The number of carbonyl (C=O) groups excluding carboxylic acids is 1. The number of sulfonamides is 1. The van der Waals surface area contributed by atoms with E-state index in [-0.39, 0.29) is 18.5 Å². The van der Waals surface area contributed by atoms with Crippen LogP contribution < -0.4 is 0 Å². The number of fused-ring (bicyclic) bond motifs is 1. The molecule has 0 radical (unpaired) electrons. The summed E-state index contributed by atoms with van der Waals surface area (Å²) in [6, 6.07) is 5.98. The van der Waals surface area contributed by atoms with E-state index in [2.05, 4.69) is 11.4 Å². The first-order valence-corrected chi connectivity index (χ1v) is 10.8. The number of nitrogens with zero attached hydrogens (tertiary/aromatic N) is 2. The van der Waals surface area contributed by atoms with Crippen LogP contribution >= 0.6 is 22.7 Å². The van der Waals surface area contributed by atoms with Crippen molar-refractivity contribution in [3.8, 4) is 0 Å². The zero-order valence-corrected chi connectivity index (χ0v) is 15.4. The minimum Gasteiger partial charge on any atom is -0.329 e. The lowest BCUT2D eigenvalue weighted by atomic mass is 9.98. The first-order valence-electron chi connectivity index (χ1n) is 7.18. The first-order chi connectivity index (χ1) is 10.9. The van der Waals surface area contributed by atoms with E-state index in [1.54, 1.807) is 22.7 Å². The highest BCUT2D eigenvalue weighted by Gasteiger charge is 2.34. The molecule has 1 aliphatic heterocycles. The maximum Gasteiger partial charge on any atom is 0.238 e. The molecular formula is C15H18N2O3S3. The van der Waals surface area contributed by atoms with E-state index in [1.807, 2.05) is 22.4 Å². The topological polar surface area (TPSA) is 57.7 Å². The summed E-state index contributed by atoms with van der Waals surface area (Å²) in [5, 5.41) is 4.06. The van der Waals surface area contributed by atoms with Crippen LogP contribution in [0.15, 0.2) is 29.0 Å². The molecule has 0 bridgehead atoms. The number of thiophene rings is 2. The Kier molecular flexibility index (Phi) is 4.59. The first kappa shape index (κ1) is 16.6. The second-order valence-electron chi connectivity index (χ2n) is 5.57. The van der Waals surface area contributed by atoms with Crippen LogP contribution in [0.1, 0.15) is 21.4 Å². The molecule has 0 fully saturated rings. The Hall–Kier alpha value is -1.22. The van der Waals surface area contributed by atoms with Crippen LogP contribution in [0.2, 0.25) is 0 Å². The van der Waals surface area contributed by atoms with Gasteiger partial charge in [-0.2, -0.15) is 4.31 Å². The van der Waals surface area contributed by atoms with Crippen LogP contribution in [0.4, 0.5) is 0 Å². The van der Waals surface area contributed by atoms with Gasteiger partial charge in [-0.1, -0.05) is 6.07 Å². The number of amides is 1. The Morgan fingerprint density at radius 2 is 2.13 bits per heavy atom. The summed E-state index contributed by atoms with van der Waals surface area (Å²) in [7, 11) is -1.93. The van der Waals surface area contributed by atoms with Gasteiger partial charge in [0, 0.05) is 23.3 Å². The Morgan fingerprint density at radius 1 is 1.35 bits per heavy atom. The van der Waals surface area contributed by atoms with Gasteiger partial charge in [0.15, 0.2) is 0 Å². The zero-order valence-electron chi connectivity index (χ0n) is 12.9. The predicted molar refractivity (Wildman–Crippen MR) is 93.4 cm³/mol. The van der Waals surface area contributed by atoms with Gasteiger partial charge in [0.1, 0.15) is 0 Å². The van der Waals surface area contributed by atoms with E-state index in [4.69, 9.17) is 0 Å². The summed E-state index contributed by atoms with van der Waals surface area (Å²) in [4.78, 5) is 16.9.